The van der Waals surface area contributed by atoms with Crippen LogP contribution in [0.2, 0.25) is 0 Å². The van der Waals surface area contributed by atoms with Crippen LogP contribution in [-0.2, 0) is 4.79 Å². The summed E-state index contributed by atoms with van der Waals surface area (Å²) in [5.41, 5.74) is 5.53. The van der Waals surface area contributed by atoms with Crippen LogP contribution in [0.4, 0.5) is 0 Å². The number of ether oxygens (including phenoxy) is 3. The first kappa shape index (κ1) is 12.8. The van der Waals surface area contributed by atoms with Gasteiger partial charge >= 0.3 is 0 Å². The molecule has 1 aromatic carbocycles. The molecule has 1 aliphatic heterocycles. The van der Waals surface area contributed by atoms with E-state index < -0.39 is 5.91 Å². The van der Waals surface area contributed by atoms with Gasteiger partial charge in [-0.15, -0.1) is 0 Å². The van der Waals surface area contributed by atoms with Crippen LogP contribution in [0.1, 0.15) is 5.56 Å². The van der Waals surface area contributed by atoms with E-state index in [9.17, 15) is 4.79 Å². The summed E-state index contributed by atoms with van der Waals surface area (Å²) in [7, 11) is 1.50. The van der Waals surface area contributed by atoms with Gasteiger partial charge in [0.25, 0.3) is 5.91 Å². The van der Waals surface area contributed by atoms with Gasteiger partial charge in [0.15, 0.2) is 11.5 Å². The summed E-state index contributed by atoms with van der Waals surface area (Å²) in [4.78, 5) is 11.0. The summed E-state index contributed by atoms with van der Waals surface area (Å²) in [5.74, 6) is 0.726. The minimum Gasteiger partial charge on any atom is -0.493 e. The van der Waals surface area contributed by atoms with Crippen LogP contribution in [0.15, 0.2) is 17.7 Å². The van der Waals surface area contributed by atoms with E-state index in [1.807, 2.05) is 0 Å². The second-order valence-electron chi connectivity index (χ2n) is 3.78. The molecule has 1 heterocycles. The fraction of sp³-hybridized carbons (Fsp3) is 0.231. The largest absolute Gasteiger partial charge is 0.493 e. The van der Waals surface area contributed by atoms with Gasteiger partial charge in [-0.1, -0.05) is 0 Å². The van der Waals surface area contributed by atoms with Crippen LogP contribution in [0.25, 0.3) is 6.08 Å². The van der Waals surface area contributed by atoms with Crippen molar-refractivity contribution >= 4 is 12.0 Å². The first-order valence-corrected chi connectivity index (χ1v) is 5.55. The van der Waals surface area contributed by atoms with Gasteiger partial charge in [-0.2, -0.15) is 5.26 Å². The maximum atomic E-state index is 11.0. The number of primary amides is 1. The number of nitrogens with two attached hydrogens (primary N) is 1. The molecule has 1 aromatic rings. The molecule has 0 aliphatic carbocycles. The summed E-state index contributed by atoms with van der Waals surface area (Å²) in [6.07, 6.45) is 1.38. The van der Waals surface area contributed by atoms with Crippen molar-refractivity contribution in [3.8, 4) is 23.3 Å². The first-order chi connectivity index (χ1) is 9.15. The second kappa shape index (κ2) is 5.31. The lowest BCUT2D eigenvalue weighted by molar-refractivity contribution is -0.114. The minimum absolute atomic E-state index is 0.140. The Morgan fingerprint density at radius 1 is 1.47 bits per heavy atom. The molecule has 0 saturated heterocycles. The number of methoxy groups -OCH3 is 1. The zero-order valence-corrected chi connectivity index (χ0v) is 10.3. The van der Waals surface area contributed by atoms with E-state index in [1.54, 1.807) is 18.2 Å². The Hall–Kier alpha value is -2.68. The zero-order valence-electron chi connectivity index (χ0n) is 10.3. The van der Waals surface area contributed by atoms with Crippen LogP contribution in [0, 0.1) is 11.3 Å². The van der Waals surface area contributed by atoms with Gasteiger partial charge in [0, 0.05) is 0 Å². The third-order valence-corrected chi connectivity index (χ3v) is 2.55. The van der Waals surface area contributed by atoms with Crippen LogP contribution < -0.4 is 19.9 Å². The molecule has 19 heavy (non-hydrogen) atoms. The third-order valence-electron chi connectivity index (χ3n) is 2.55. The van der Waals surface area contributed by atoms with Crippen molar-refractivity contribution in [1.29, 1.82) is 5.26 Å². The molecular formula is C13H12N2O4. The summed E-state index contributed by atoms with van der Waals surface area (Å²) in [6.45, 7) is 0.882. The van der Waals surface area contributed by atoms with E-state index in [-0.39, 0.29) is 5.57 Å². The fourth-order valence-electron chi connectivity index (χ4n) is 1.70. The Kier molecular flexibility index (Phi) is 3.57. The number of hydrogen-bond donors (Lipinski definition) is 1. The molecule has 2 N–H and O–H groups in total. The SMILES string of the molecule is COc1cc(/C=C(\C#N)C(N)=O)cc2c1OCCO2. The second-order valence-corrected chi connectivity index (χ2v) is 3.78. The van der Waals surface area contributed by atoms with Crippen molar-refractivity contribution in [2.45, 2.75) is 0 Å². The Morgan fingerprint density at radius 2 is 2.21 bits per heavy atom. The maximum absolute atomic E-state index is 11.0. The highest BCUT2D eigenvalue weighted by Crippen LogP contribution is 2.40. The van der Waals surface area contributed by atoms with Gasteiger partial charge in [0.1, 0.15) is 24.9 Å². The van der Waals surface area contributed by atoms with Gasteiger partial charge in [0.2, 0.25) is 5.75 Å². The molecular weight excluding hydrogens is 248 g/mol. The molecule has 0 spiro atoms. The molecule has 2 rings (SSSR count). The van der Waals surface area contributed by atoms with Gasteiger partial charge in [-0.25, -0.2) is 0 Å². The molecule has 0 unspecified atom stereocenters. The number of nitriles is 1. The third kappa shape index (κ3) is 2.60. The van der Waals surface area contributed by atoms with Gasteiger partial charge < -0.3 is 19.9 Å². The van der Waals surface area contributed by atoms with E-state index in [4.69, 9.17) is 25.2 Å². The van der Waals surface area contributed by atoms with E-state index >= 15 is 0 Å². The van der Waals surface area contributed by atoms with Crippen molar-refractivity contribution in [3.05, 3.63) is 23.3 Å². The summed E-state index contributed by atoms with van der Waals surface area (Å²) < 4.78 is 16.1. The van der Waals surface area contributed by atoms with E-state index in [1.165, 1.54) is 13.2 Å². The predicted octanol–water partition coefficient (Wildman–Crippen LogP) is 0.859. The minimum atomic E-state index is -0.781. The number of carbonyl (C=O) groups excluding carboxylic acids is 1. The lowest BCUT2D eigenvalue weighted by Crippen LogP contribution is -2.16. The smallest absolute Gasteiger partial charge is 0.259 e. The summed E-state index contributed by atoms with van der Waals surface area (Å²) in [6, 6.07) is 5.05. The van der Waals surface area contributed by atoms with Crippen molar-refractivity contribution in [1.82, 2.24) is 0 Å². The molecule has 0 fully saturated rings. The van der Waals surface area contributed by atoms with E-state index in [0.29, 0.717) is 36.0 Å². The molecule has 98 valence electrons. The molecule has 0 aromatic heterocycles. The fourth-order valence-corrected chi connectivity index (χ4v) is 1.70. The number of rotatable bonds is 3. The number of nitrogens with zero attached hydrogens (tertiary/aromatic N) is 1. The first-order valence-electron chi connectivity index (χ1n) is 5.55. The van der Waals surface area contributed by atoms with Crippen molar-refractivity contribution in [3.63, 3.8) is 0 Å². The van der Waals surface area contributed by atoms with E-state index in [0.717, 1.165) is 0 Å². The van der Waals surface area contributed by atoms with Crippen molar-refractivity contribution < 1.29 is 19.0 Å². The van der Waals surface area contributed by atoms with Gasteiger partial charge in [-0.3, -0.25) is 4.79 Å². The quantitative estimate of drug-likeness (QED) is 0.642. The number of benzene rings is 1. The number of carbonyl (C=O) groups is 1. The average Bonchev–Trinajstić information content (AvgIpc) is 2.43. The Bertz CT molecular complexity index is 570. The average molecular weight is 260 g/mol. The number of hydrogen-bond acceptors (Lipinski definition) is 5. The predicted molar refractivity (Wildman–Crippen MR) is 66.8 cm³/mol. The molecule has 0 bridgehead atoms. The number of fused-ring (bicyclic) bond motifs is 1. The molecule has 0 radical (unpaired) electrons. The van der Waals surface area contributed by atoms with Crippen LogP contribution in [0.5, 0.6) is 17.2 Å². The van der Waals surface area contributed by atoms with Crippen molar-refractivity contribution in [2.24, 2.45) is 5.73 Å². The summed E-state index contributed by atoms with van der Waals surface area (Å²) in [5, 5.41) is 8.82. The van der Waals surface area contributed by atoms with Gasteiger partial charge in [-0.05, 0) is 23.8 Å². The number of amides is 1. The molecule has 6 nitrogen and oxygen atoms in total. The Balaban J connectivity index is 2.48. The van der Waals surface area contributed by atoms with Crippen LogP contribution >= 0.6 is 0 Å². The maximum Gasteiger partial charge on any atom is 0.259 e. The van der Waals surface area contributed by atoms with Crippen LogP contribution in [-0.4, -0.2) is 26.2 Å². The lowest BCUT2D eigenvalue weighted by Gasteiger charge is -2.21. The zero-order chi connectivity index (χ0) is 13.8. The highest BCUT2D eigenvalue weighted by Gasteiger charge is 2.18. The molecule has 1 amide bonds. The van der Waals surface area contributed by atoms with E-state index in [2.05, 4.69) is 0 Å². The molecule has 1 aliphatic rings. The normalized spacial score (nSPS) is 13.6. The Morgan fingerprint density at radius 3 is 2.84 bits per heavy atom. The molecule has 6 heteroatoms. The summed E-state index contributed by atoms with van der Waals surface area (Å²) >= 11 is 0. The molecule has 0 atom stereocenters. The lowest BCUT2D eigenvalue weighted by atomic mass is 10.1. The highest BCUT2D eigenvalue weighted by molar-refractivity contribution is 6.00. The monoisotopic (exact) mass is 260 g/mol. The highest BCUT2D eigenvalue weighted by atomic mass is 16.6. The topological polar surface area (TPSA) is 94.6 Å². The molecule has 0 saturated carbocycles. The van der Waals surface area contributed by atoms with Gasteiger partial charge in [0.05, 0.1) is 7.11 Å². The van der Waals surface area contributed by atoms with Crippen LogP contribution in [0.3, 0.4) is 0 Å². The van der Waals surface area contributed by atoms with Crippen molar-refractivity contribution in [2.75, 3.05) is 20.3 Å². The Labute approximate surface area is 110 Å². The standard InChI is InChI=1S/C13H12N2O4/c1-17-10-5-8(4-9(7-14)13(15)16)6-11-12(10)19-3-2-18-11/h4-6H,2-3H2,1H3,(H2,15,16)/b9-4+.